The zero-order chi connectivity index (χ0) is 9.68. The Morgan fingerprint density at radius 1 is 1.62 bits per heavy atom. The second-order valence-electron chi connectivity index (χ2n) is 2.49. The van der Waals surface area contributed by atoms with Crippen LogP contribution in [-0.2, 0) is 0 Å². The molecule has 1 N–H and O–H groups in total. The molecule has 0 atom stereocenters. The minimum atomic E-state index is 0.458. The van der Waals surface area contributed by atoms with E-state index in [-0.39, 0.29) is 0 Å². The summed E-state index contributed by atoms with van der Waals surface area (Å²) in [4.78, 5) is 8.23. The fourth-order valence-electron chi connectivity index (χ4n) is 0.887. The van der Waals surface area contributed by atoms with Gasteiger partial charge >= 0.3 is 0 Å². The standard InChI is InChI=1S/C9H13N3O/c1-4-5-13-9-6-8(10-3)11-7(2)12-9/h4,6H,1,5H2,2-3H3,(H,10,11,12). The van der Waals surface area contributed by atoms with Crippen molar-refractivity contribution < 1.29 is 4.74 Å². The Balaban J connectivity index is 2.81. The number of aryl methyl sites for hydroxylation is 1. The highest BCUT2D eigenvalue weighted by Gasteiger charge is 1.99. The number of ether oxygens (including phenoxy) is 1. The molecule has 0 spiro atoms. The Bertz CT molecular complexity index is 299. The largest absolute Gasteiger partial charge is 0.473 e. The normalized spacial score (nSPS) is 9.38. The smallest absolute Gasteiger partial charge is 0.219 e. The van der Waals surface area contributed by atoms with Gasteiger partial charge in [-0.25, -0.2) is 4.98 Å². The second kappa shape index (κ2) is 4.45. The van der Waals surface area contributed by atoms with E-state index < -0.39 is 0 Å². The van der Waals surface area contributed by atoms with Gasteiger partial charge in [0.25, 0.3) is 0 Å². The minimum Gasteiger partial charge on any atom is -0.473 e. The second-order valence-corrected chi connectivity index (χ2v) is 2.49. The molecule has 0 saturated heterocycles. The number of hydrogen-bond acceptors (Lipinski definition) is 4. The van der Waals surface area contributed by atoms with Crippen molar-refractivity contribution in [1.29, 1.82) is 0 Å². The average molecular weight is 179 g/mol. The first kappa shape index (κ1) is 9.51. The summed E-state index contributed by atoms with van der Waals surface area (Å²) in [5.74, 6) is 2.01. The van der Waals surface area contributed by atoms with E-state index in [0.717, 1.165) is 5.82 Å². The van der Waals surface area contributed by atoms with Crippen LogP contribution in [0.4, 0.5) is 5.82 Å². The van der Waals surface area contributed by atoms with Gasteiger partial charge in [0.1, 0.15) is 18.2 Å². The van der Waals surface area contributed by atoms with Crippen LogP contribution in [0.2, 0.25) is 0 Å². The molecule has 1 aromatic rings. The van der Waals surface area contributed by atoms with Crippen LogP contribution in [0, 0.1) is 6.92 Å². The molecule has 0 fully saturated rings. The number of hydrogen-bond donors (Lipinski definition) is 1. The average Bonchev–Trinajstić information content (AvgIpc) is 2.14. The summed E-state index contributed by atoms with van der Waals surface area (Å²) in [5, 5.41) is 2.93. The topological polar surface area (TPSA) is 47.0 Å². The van der Waals surface area contributed by atoms with Gasteiger partial charge in [-0.2, -0.15) is 4.98 Å². The lowest BCUT2D eigenvalue weighted by molar-refractivity contribution is 0.347. The molecule has 0 aliphatic heterocycles. The summed E-state index contributed by atoms with van der Waals surface area (Å²) < 4.78 is 5.27. The van der Waals surface area contributed by atoms with Crippen molar-refractivity contribution >= 4 is 5.82 Å². The molecule has 0 amide bonds. The summed E-state index contributed by atoms with van der Waals surface area (Å²) in [6.45, 7) is 5.84. The van der Waals surface area contributed by atoms with Crippen LogP contribution in [0.1, 0.15) is 5.82 Å². The Morgan fingerprint density at radius 2 is 2.38 bits per heavy atom. The lowest BCUT2D eigenvalue weighted by Crippen LogP contribution is -2.01. The molecule has 1 aromatic heterocycles. The highest BCUT2D eigenvalue weighted by atomic mass is 16.5. The molecule has 0 saturated carbocycles. The summed E-state index contributed by atoms with van der Waals surface area (Å²) >= 11 is 0. The third-order valence-corrected chi connectivity index (χ3v) is 1.42. The van der Waals surface area contributed by atoms with Gasteiger partial charge in [-0.05, 0) is 6.92 Å². The molecule has 0 bridgehead atoms. The van der Waals surface area contributed by atoms with E-state index in [9.17, 15) is 0 Å². The molecule has 0 radical (unpaired) electrons. The van der Waals surface area contributed by atoms with Gasteiger partial charge < -0.3 is 10.1 Å². The van der Waals surface area contributed by atoms with Crippen LogP contribution in [0.15, 0.2) is 18.7 Å². The maximum absolute atomic E-state index is 5.27. The number of nitrogens with zero attached hydrogens (tertiary/aromatic N) is 2. The molecular formula is C9H13N3O. The van der Waals surface area contributed by atoms with E-state index in [1.807, 2.05) is 6.92 Å². The van der Waals surface area contributed by atoms with Crippen LogP contribution in [-0.4, -0.2) is 23.6 Å². The first-order chi connectivity index (χ1) is 6.26. The van der Waals surface area contributed by atoms with Crippen molar-refractivity contribution in [3.05, 3.63) is 24.5 Å². The van der Waals surface area contributed by atoms with Crippen LogP contribution in [0.3, 0.4) is 0 Å². The minimum absolute atomic E-state index is 0.458. The zero-order valence-electron chi connectivity index (χ0n) is 7.87. The van der Waals surface area contributed by atoms with E-state index in [1.165, 1.54) is 0 Å². The Labute approximate surface area is 77.7 Å². The summed E-state index contributed by atoms with van der Waals surface area (Å²) in [5.41, 5.74) is 0. The Morgan fingerprint density at radius 3 is 3.00 bits per heavy atom. The fraction of sp³-hybridized carbons (Fsp3) is 0.333. The third kappa shape index (κ3) is 2.74. The van der Waals surface area contributed by atoms with E-state index in [4.69, 9.17) is 4.74 Å². The highest BCUT2D eigenvalue weighted by Crippen LogP contribution is 2.12. The van der Waals surface area contributed by atoms with Crippen molar-refractivity contribution in [2.75, 3.05) is 19.0 Å². The lowest BCUT2D eigenvalue weighted by Gasteiger charge is -2.05. The van der Waals surface area contributed by atoms with Crippen molar-refractivity contribution in [1.82, 2.24) is 9.97 Å². The third-order valence-electron chi connectivity index (χ3n) is 1.42. The first-order valence-electron chi connectivity index (χ1n) is 4.03. The van der Waals surface area contributed by atoms with Crippen molar-refractivity contribution in [3.8, 4) is 5.88 Å². The van der Waals surface area contributed by atoms with Crippen LogP contribution < -0.4 is 10.1 Å². The van der Waals surface area contributed by atoms with Gasteiger partial charge in [-0.15, -0.1) is 0 Å². The van der Waals surface area contributed by atoms with Gasteiger partial charge in [0.15, 0.2) is 0 Å². The Hall–Kier alpha value is -1.58. The SMILES string of the molecule is C=CCOc1cc(NC)nc(C)n1. The molecule has 4 nitrogen and oxygen atoms in total. The number of rotatable bonds is 4. The lowest BCUT2D eigenvalue weighted by atomic mass is 10.5. The van der Waals surface area contributed by atoms with E-state index >= 15 is 0 Å². The number of anilines is 1. The monoisotopic (exact) mass is 179 g/mol. The molecular weight excluding hydrogens is 166 g/mol. The van der Waals surface area contributed by atoms with E-state index in [2.05, 4.69) is 21.9 Å². The summed E-state index contributed by atoms with van der Waals surface area (Å²) in [6.07, 6.45) is 1.68. The van der Waals surface area contributed by atoms with E-state index in [1.54, 1.807) is 19.2 Å². The molecule has 0 unspecified atom stereocenters. The van der Waals surface area contributed by atoms with Crippen LogP contribution >= 0.6 is 0 Å². The van der Waals surface area contributed by atoms with Gasteiger partial charge in [0.2, 0.25) is 5.88 Å². The summed E-state index contributed by atoms with van der Waals surface area (Å²) in [6, 6.07) is 1.75. The summed E-state index contributed by atoms with van der Waals surface area (Å²) in [7, 11) is 1.80. The van der Waals surface area contributed by atoms with Gasteiger partial charge in [-0.3, -0.25) is 0 Å². The predicted octanol–water partition coefficient (Wildman–Crippen LogP) is 1.39. The number of nitrogens with one attached hydrogen (secondary N) is 1. The fourth-order valence-corrected chi connectivity index (χ4v) is 0.887. The van der Waals surface area contributed by atoms with Gasteiger partial charge in [-0.1, -0.05) is 12.7 Å². The Kier molecular flexibility index (Phi) is 3.25. The quantitative estimate of drug-likeness (QED) is 0.709. The molecule has 13 heavy (non-hydrogen) atoms. The van der Waals surface area contributed by atoms with Crippen molar-refractivity contribution in [2.45, 2.75) is 6.92 Å². The van der Waals surface area contributed by atoms with Crippen LogP contribution in [0.25, 0.3) is 0 Å². The molecule has 0 aliphatic rings. The van der Waals surface area contributed by atoms with Gasteiger partial charge in [0, 0.05) is 13.1 Å². The predicted molar refractivity (Wildman–Crippen MR) is 52.0 cm³/mol. The van der Waals surface area contributed by atoms with Crippen molar-refractivity contribution in [2.24, 2.45) is 0 Å². The highest BCUT2D eigenvalue weighted by molar-refractivity contribution is 5.37. The number of aromatic nitrogens is 2. The molecule has 0 aliphatic carbocycles. The molecule has 1 rings (SSSR count). The van der Waals surface area contributed by atoms with Gasteiger partial charge in [0.05, 0.1) is 0 Å². The maximum Gasteiger partial charge on any atom is 0.219 e. The van der Waals surface area contributed by atoms with Crippen LogP contribution in [0.5, 0.6) is 5.88 Å². The van der Waals surface area contributed by atoms with Crippen molar-refractivity contribution in [3.63, 3.8) is 0 Å². The molecule has 1 heterocycles. The maximum atomic E-state index is 5.27. The molecule has 4 heteroatoms. The first-order valence-corrected chi connectivity index (χ1v) is 4.03. The zero-order valence-corrected chi connectivity index (χ0v) is 7.87. The molecule has 0 aromatic carbocycles. The molecule has 70 valence electrons. The van der Waals surface area contributed by atoms with E-state index in [0.29, 0.717) is 18.3 Å².